The molecular formula is C22H22N2O2S. The molecule has 0 aliphatic heterocycles. The van der Waals surface area contributed by atoms with E-state index in [1.54, 1.807) is 0 Å². The fourth-order valence-electron chi connectivity index (χ4n) is 3.86. The fraction of sp³-hybridized carbons (Fsp3) is 0.273. The zero-order valence-electron chi connectivity index (χ0n) is 15.3. The molecule has 2 aromatic carbocycles. The van der Waals surface area contributed by atoms with Gasteiger partial charge in [0.1, 0.15) is 0 Å². The number of para-hydroxylation sites is 1. The van der Waals surface area contributed by atoms with Crippen molar-refractivity contribution >= 4 is 40.2 Å². The second-order valence-corrected chi connectivity index (χ2v) is 7.93. The van der Waals surface area contributed by atoms with E-state index in [4.69, 9.17) is 0 Å². The first-order valence-electron chi connectivity index (χ1n) is 9.28. The number of carbonyl (C=O) groups is 2. The van der Waals surface area contributed by atoms with Crippen molar-refractivity contribution in [2.45, 2.75) is 37.5 Å². The van der Waals surface area contributed by atoms with Crippen molar-refractivity contribution in [2.24, 2.45) is 0 Å². The van der Waals surface area contributed by atoms with Crippen molar-refractivity contribution in [1.82, 2.24) is 4.57 Å². The topological polar surface area (TPSA) is 51.1 Å². The third-order valence-corrected chi connectivity index (χ3v) is 5.92. The molecule has 3 aromatic rings. The van der Waals surface area contributed by atoms with Crippen molar-refractivity contribution < 1.29 is 9.59 Å². The highest BCUT2D eigenvalue weighted by atomic mass is 32.2. The van der Waals surface area contributed by atoms with Gasteiger partial charge in [-0.25, -0.2) is 0 Å². The van der Waals surface area contributed by atoms with Crippen molar-refractivity contribution in [3.8, 4) is 0 Å². The van der Waals surface area contributed by atoms with Crippen LogP contribution in [0.4, 0.5) is 5.69 Å². The van der Waals surface area contributed by atoms with Gasteiger partial charge in [0.15, 0.2) is 0 Å². The van der Waals surface area contributed by atoms with Gasteiger partial charge in [-0.2, -0.15) is 0 Å². The minimum Gasteiger partial charge on any atom is -0.326 e. The van der Waals surface area contributed by atoms with Crippen molar-refractivity contribution in [3.63, 3.8) is 0 Å². The van der Waals surface area contributed by atoms with E-state index in [0.29, 0.717) is 5.75 Å². The number of nitrogens with one attached hydrogen (secondary N) is 1. The lowest BCUT2D eigenvalue weighted by Crippen LogP contribution is -2.18. The van der Waals surface area contributed by atoms with Gasteiger partial charge in [-0.05, 0) is 55.5 Å². The maximum Gasteiger partial charge on any atom is 0.241 e. The second kappa shape index (κ2) is 7.61. The van der Waals surface area contributed by atoms with Gasteiger partial charge in [0.2, 0.25) is 11.8 Å². The number of benzene rings is 2. The van der Waals surface area contributed by atoms with E-state index in [0.717, 1.165) is 35.4 Å². The van der Waals surface area contributed by atoms with E-state index in [2.05, 4.69) is 11.4 Å². The summed E-state index contributed by atoms with van der Waals surface area (Å²) in [5.41, 5.74) is 4.33. The molecular weight excluding hydrogens is 356 g/mol. The quantitative estimate of drug-likeness (QED) is 0.656. The normalized spacial score (nSPS) is 13.4. The Labute approximate surface area is 162 Å². The molecule has 1 aromatic heterocycles. The van der Waals surface area contributed by atoms with Gasteiger partial charge < -0.3 is 5.32 Å². The number of amides is 1. The minimum absolute atomic E-state index is 0.0985. The average Bonchev–Trinajstić information content (AvgIpc) is 3.00. The number of thioether (sulfide) groups is 1. The highest BCUT2D eigenvalue weighted by Crippen LogP contribution is 2.32. The number of rotatable bonds is 4. The summed E-state index contributed by atoms with van der Waals surface area (Å²) in [6.45, 7) is 1.49. The highest BCUT2D eigenvalue weighted by molar-refractivity contribution is 8.00. The van der Waals surface area contributed by atoms with Crippen LogP contribution in [0.2, 0.25) is 0 Å². The number of aromatic nitrogens is 1. The molecule has 1 amide bonds. The molecule has 1 aliphatic carbocycles. The van der Waals surface area contributed by atoms with Crippen LogP contribution in [0.3, 0.4) is 0 Å². The van der Waals surface area contributed by atoms with Crippen LogP contribution in [-0.4, -0.2) is 22.1 Å². The van der Waals surface area contributed by atoms with Gasteiger partial charge >= 0.3 is 0 Å². The Morgan fingerprint density at radius 1 is 1.07 bits per heavy atom. The first kappa shape index (κ1) is 17.9. The molecule has 0 unspecified atom stereocenters. The lowest BCUT2D eigenvalue weighted by Gasteiger charge is -2.15. The van der Waals surface area contributed by atoms with E-state index in [9.17, 15) is 9.59 Å². The molecule has 27 heavy (non-hydrogen) atoms. The smallest absolute Gasteiger partial charge is 0.241 e. The maximum absolute atomic E-state index is 13.1. The first-order chi connectivity index (χ1) is 13.1. The molecule has 0 atom stereocenters. The Bertz CT molecular complexity index is 1020. The Hall–Kier alpha value is -2.53. The zero-order valence-corrected chi connectivity index (χ0v) is 16.1. The highest BCUT2D eigenvalue weighted by Gasteiger charge is 2.23. The van der Waals surface area contributed by atoms with Crippen LogP contribution in [0.5, 0.6) is 0 Å². The van der Waals surface area contributed by atoms with Crippen LogP contribution in [0.1, 0.15) is 35.8 Å². The number of anilines is 1. The SMILES string of the molecule is CC(=O)Nc1cccc(SCC(=O)n2c3c(c4ccccc42)CCCC3)c1. The zero-order chi connectivity index (χ0) is 18.8. The summed E-state index contributed by atoms with van der Waals surface area (Å²) in [5.74, 6) is 0.386. The van der Waals surface area contributed by atoms with Crippen LogP contribution >= 0.6 is 11.8 Å². The van der Waals surface area contributed by atoms with Crippen LogP contribution in [0.15, 0.2) is 53.4 Å². The number of hydrogen-bond donors (Lipinski definition) is 1. The third kappa shape index (κ3) is 3.65. The summed E-state index contributed by atoms with van der Waals surface area (Å²) in [5, 5.41) is 4.00. The van der Waals surface area contributed by atoms with E-state index in [1.165, 1.54) is 41.8 Å². The third-order valence-electron chi connectivity index (χ3n) is 4.94. The van der Waals surface area contributed by atoms with Gasteiger partial charge in [0.25, 0.3) is 0 Å². The largest absolute Gasteiger partial charge is 0.326 e. The summed E-state index contributed by atoms with van der Waals surface area (Å²) in [6, 6.07) is 15.8. The van der Waals surface area contributed by atoms with Crippen molar-refractivity contribution in [1.29, 1.82) is 0 Å². The predicted molar refractivity (Wildman–Crippen MR) is 111 cm³/mol. The molecule has 138 valence electrons. The van der Waals surface area contributed by atoms with Crippen molar-refractivity contribution in [3.05, 3.63) is 59.8 Å². The van der Waals surface area contributed by atoms with Gasteiger partial charge in [-0.3, -0.25) is 14.2 Å². The van der Waals surface area contributed by atoms with Gasteiger partial charge in [0.05, 0.1) is 11.3 Å². The number of carbonyl (C=O) groups excluding carboxylic acids is 2. The summed E-state index contributed by atoms with van der Waals surface area (Å²) in [7, 11) is 0. The number of nitrogens with zero attached hydrogens (tertiary/aromatic N) is 1. The van der Waals surface area contributed by atoms with Crippen LogP contribution in [0.25, 0.3) is 10.9 Å². The molecule has 4 rings (SSSR count). The van der Waals surface area contributed by atoms with Crippen LogP contribution in [0, 0.1) is 0 Å². The van der Waals surface area contributed by atoms with Gasteiger partial charge in [-0.15, -0.1) is 11.8 Å². The molecule has 1 N–H and O–H groups in total. The first-order valence-corrected chi connectivity index (χ1v) is 10.3. The number of fused-ring (bicyclic) bond motifs is 3. The molecule has 0 saturated heterocycles. The molecule has 5 heteroatoms. The van der Waals surface area contributed by atoms with E-state index in [-0.39, 0.29) is 11.8 Å². The summed E-state index contributed by atoms with van der Waals surface area (Å²) >= 11 is 1.51. The van der Waals surface area contributed by atoms with E-state index < -0.39 is 0 Å². The van der Waals surface area contributed by atoms with E-state index in [1.807, 2.05) is 47.0 Å². The Kier molecular flexibility index (Phi) is 5.03. The van der Waals surface area contributed by atoms with Crippen LogP contribution < -0.4 is 5.32 Å². The van der Waals surface area contributed by atoms with Gasteiger partial charge in [-0.1, -0.05) is 24.3 Å². The van der Waals surface area contributed by atoms with E-state index >= 15 is 0 Å². The molecule has 0 bridgehead atoms. The average molecular weight is 378 g/mol. The summed E-state index contributed by atoms with van der Waals surface area (Å²) in [6.07, 6.45) is 4.36. The Balaban J connectivity index is 1.58. The number of hydrogen-bond acceptors (Lipinski definition) is 3. The Morgan fingerprint density at radius 2 is 1.89 bits per heavy atom. The molecule has 4 nitrogen and oxygen atoms in total. The summed E-state index contributed by atoms with van der Waals surface area (Å²) < 4.78 is 1.94. The molecule has 0 radical (unpaired) electrons. The lowest BCUT2D eigenvalue weighted by atomic mass is 9.96. The predicted octanol–water partition coefficient (Wildman–Crippen LogP) is 4.91. The lowest BCUT2D eigenvalue weighted by molar-refractivity contribution is -0.114. The molecule has 0 fully saturated rings. The fourth-order valence-corrected chi connectivity index (χ4v) is 4.66. The molecule has 1 heterocycles. The standard InChI is InChI=1S/C22H22N2O2S/c1-15(25)23-16-7-6-8-17(13-16)27-14-22(26)24-20-11-4-2-9-18(20)19-10-3-5-12-21(19)24/h2,4,6-9,11,13H,3,5,10,12,14H2,1H3,(H,23,25). The summed E-state index contributed by atoms with van der Waals surface area (Å²) in [4.78, 5) is 25.3. The molecule has 0 saturated carbocycles. The Morgan fingerprint density at radius 3 is 2.74 bits per heavy atom. The van der Waals surface area contributed by atoms with Crippen LogP contribution in [-0.2, 0) is 17.6 Å². The van der Waals surface area contributed by atoms with Gasteiger partial charge in [0, 0.05) is 28.6 Å². The second-order valence-electron chi connectivity index (χ2n) is 6.88. The molecule has 1 aliphatic rings. The maximum atomic E-state index is 13.1. The number of aryl methyl sites for hydroxylation is 1. The minimum atomic E-state index is -0.0985. The molecule has 0 spiro atoms. The van der Waals surface area contributed by atoms with Crippen molar-refractivity contribution in [2.75, 3.05) is 11.1 Å². The monoisotopic (exact) mass is 378 g/mol.